The number of unbranched alkanes of at least 4 members (excludes halogenated alkanes) is 14. The summed E-state index contributed by atoms with van der Waals surface area (Å²) in [7, 11) is 1.47. The minimum absolute atomic E-state index is 0.0651. The number of rotatable bonds is 18. The predicted octanol–water partition coefficient (Wildman–Crippen LogP) is 10.3. The van der Waals surface area contributed by atoms with Crippen LogP contribution in [-0.4, -0.2) is 23.3 Å². The SMILES string of the molecule is CCCCCCCCCCCCCCCCCC(=O)OC.Cc1ccc(O)c(Sc2cc(C)ccc2O)c1. The van der Waals surface area contributed by atoms with Gasteiger partial charge in [-0.05, 0) is 55.7 Å². The van der Waals surface area contributed by atoms with Crippen LogP contribution in [0, 0.1) is 13.8 Å². The second-order valence-electron chi connectivity index (χ2n) is 10.3. The fraction of sp³-hybridized carbons (Fsp3) is 0.606. The number of carbonyl (C=O) groups excluding carboxylic acids is 1. The largest absolute Gasteiger partial charge is 0.507 e. The number of esters is 1. The molecule has 214 valence electrons. The quantitative estimate of drug-likeness (QED) is 0.144. The van der Waals surface area contributed by atoms with E-state index in [0.29, 0.717) is 6.42 Å². The van der Waals surface area contributed by atoms with Gasteiger partial charge in [-0.3, -0.25) is 4.79 Å². The topological polar surface area (TPSA) is 66.8 Å². The predicted molar refractivity (Wildman–Crippen MR) is 161 cm³/mol. The molecule has 2 N–H and O–H groups in total. The van der Waals surface area contributed by atoms with Crippen molar-refractivity contribution in [2.24, 2.45) is 0 Å². The first kappa shape index (κ1) is 33.9. The number of benzene rings is 2. The van der Waals surface area contributed by atoms with Crippen LogP contribution in [-0.2, 0) is 9.53 Å². The van der Waals surface area contributed by atoms with E-state index in [4.69, 9.17) is 0 Å². The number of ether oxygens (including phenoxy) is 1. The first-order valence-corrected chi connectivity index (χ1v) is 15.5. The zero-order valence-corrected chi connectivity index (χ0v) is 25.2. The van der Waals surface area contributed by atoms with Crippen molar-refractivity contribution < 1.29 is 19.7 Å². The molecule has 4 nitrogen and oxygen atoms in total. The molecular weight excluding hydrogens is 492 g/mol. The summed E-state index contributed by atoms with van der Waals surface area (Å²) in [6.07, 6.45) is 20.9. The lowest BCUT2D eigenvalue weighted by Gasteiger charge is -2.08. The van der Waals surface area contributed by atoms with Crippen LogP contribution in [0.25, 0.3) is 0 Å². The summed E-state index contributed by atoms with van der Waals surface area (Å²) >= 11 is 1.37. The van der Waals surface area contributed by atoms with Crippen molar-refractivity contribution in [3.63, 3.8) is 0 Å². The van der Waals surface area contributed by atoms with Crippen LogP contribution in [0.1, 0.15) is 121 Å². The highest BCUT2D eigenvalue weighted by Gasteiger charge is 2.08. The molecule has 2 aromatic carbocycles. The van der Waals surface area contributed by atoms with E-state index in [2.05, 4.69) is 11.7 Å². The van der Waals surface area contributed by atoms with Crippen molar-refractivity contribution in [1.82, 2.24) is 0 Å². The summed E-state index contributed by atoms with van der Waals surface area (Å²) in [5, 5.41) is 19.5. The highest BCUT2D eigenvalue weighted by Crippen LogP contribution is 2.39. The van der Waals surface area contributed by atoms with Crippen LogP contribution in [0.15, 0.2) is 46.2 Å². The zero-order valence-electron chi connectivity index (χ0n) is 24.4. The highest BCUT2D eigenvalue weighted by molar-refractivity contribution is 7.99. The number of carbonyl (C=O) groups is 1. The van der Waals surface area contributed by atoms with E-state index >= 15 is 0 Å². The number of hydrogen-bond acceptors (Lipinski definition) is 5. The molecule has 0 aromatic heterocycles. The van der Waals surface area contributed by atoms with Crippen LogP contribution in [0.5, 0.6) is 11.5 Å². The van der Waals surface area contributed by atoms with Gasteiger partial charge in [-0.15, -0.1) is 0 Å². The fourth-order valence-corrected chi connectivity index (χ4v) is 5.34. The van der Waals surface area contributed by atoms with Crippen LogP contribution < -0.4 is 0 Å². The number of methoxy groups -OCH3 is 1. The Hall–Kier alpha value is -2.14. The van der Waals surface area contributed by atoms with Gasteiger partial charge < -0.3 is 14.9 Å². The van der Waals surface area contributed by atoms with E-state index in [-0.39, 0.29) is 17.5 Å². The van der Waals surface area contributed by atoms with Gasteiger partial charge in [-0.2, -0.15) is 0 Å². The van der Waals surface area contributed by atoms with Crippen molar-refractivity contribution in [3.8, 4) is 11.5 Å². The number of aryl methyl sites for hydroxylation is 2. The minimum Gasteiger partial charge on any atom is -0.507 e. The van der Waals surface area contributed by atoms with Crippen molar-refractivity contribution in [3.05, 3.63) is 47.5 Å². The molecule has 0 saturated heterocycles. The molecule has 0 heterocycles. The molecule has 2 rings (SSSR count). The van der Waals surface area contributed by atoms with Crippen molar-refractivity contribution >= 4 is 17.7 Å². The molecule has 0 spiro atoms. The van der Waals surface area contributed by atoms with Crippen molar-refractivity contribution in [2.45, 2.75) is 133 Å². The average molecular weight is 545 g/mol. The molecule has 0 saturated carbocycles. The minimum atomic E-state index is -0.0651. The van der Waals surface area contributed by atoms with E-state index in [1.54, 1.807) is 12.1 Å². The zero-order chi connectivity index (χ0) is 28.0. The number of phenolic OH excluding ortho intramolecular Hbond substituents is 2. The molecule has 0 bridgehead atoms. The number of hydrogen-bond donors (Lipinski definition) is 2. The summed E-state index contributed by atoms with van der Waals surface area (Å²) in [4.78, 5) is 12.4. The van der Waals surface area contributed by atoms with E-state index in [1.807, 2.05) is 38.1 Å². The average Bonchev–Trinajstić information content (AvgIpc) is 2.90. The van der Waals surface area contributed by atoms with E-state index < -0.39 is 0 Å². The number of aromatic hydroxyl groups is 2. The van der Waals surface area contributed by atoms with Crippen molar-refractivity contribution in [1.29, 1.82) is 0 Å². The van der Waals surface area contributed by atoms with Crippen LogP contribution in [0.2, 0.25) is 0 Å². The fourth-order valence-electron chi connectivity index (χ4n) is 4.27. The second kappa shape index (κ2) is 21.8. The summed E-state index contributed by atoms with van der Waals surface area (Å²) in [5.41, 5.74) is 2.16. The maximum absolute atomic E-state index is 10.9. The lowest BCUT2D eigenvalue weighted by molar-refractivity contribution is -0.140. The first-order chi connectivity index (χ1) is 18.4. The van der Waals surface area contributed by atoms with Crippen molar-refractivity contribution in [2.75, 3.05) is 7.11 Å². The van der Waals surface area contributed by atoms with Gasteiger partial charge in [-0.25, -0.2) is 0 Å². The third-order valence-corrected chi connectivity index (χ3v) is 7.76. The van der Waals surface area contributed by atoms with E-state index in [9.17, 15) is 15.0 Å². The standard InChI is InChI=1S/C19H38O2.C14H14O2S/c1-3-4-5-6-7-8-9-10-11-12-13-14-15-16-17-18-19(20)21-2;1-9-3-5-11(15)13(7-9)17-14-8-10(2)4-6-12(14)16/h3-18H2,1-2H3;3-8,15-16H,1-2H3. The molecule has 0 fully saturated rings. The molecule has 0 aliphatic rings. The Labute approximate surface area is 236 Å². The molecule has 0 atom stereocenters. The lowest BCUT2D eigenvalue weighted by Crippen LogP contribution is -1.99. The van der Waals surface area contributed by atoms with Gasteiger partial charge in [0.2, 0.25) is 0 Å². The smallest absolute Gasteiger partial charge is 0.305 e. The lowest BCUT2D eigenvalue weighted by atomic mass is 10.0. The normalized spacial score (nSPS) is 10.6. The van der Waals surface area contributed by atoms with Gasteiger partial charge in [0.15, 0.2) is 0 Å². The summed E-state index contributed by atoms with van der Waals surface area (Å²) < 4.78 is 4.63. The Morgan fingerprint density at radius 2 is 1.03 bits per heavy atom. The van der Waals surface area contributed by atoms with Crippen LogP contribution >= 0.6 is 11.8 Å². The maximum atomic E-state index is 10.9. The molecular formula is C33H52O4S. The first-order valence-electron chi connectivity index (χ1n) is 14.7. The maximum Gasteiger partial charge on any atom is 0.305 e. The molecule has 38 heavy (non-hydrogen) atoms. The second-order valence-corrected chi connectivity index (χ2v) is 11.4. The Morgan fingerprint density at radius 1 is 0.658 bits per heavy atom. The molecule has 0 radical (unpaired) electrons. The van der Waals surface area contributed by atoms with Crippen LogP contribution in [0.3, 0.4) is 0 Å². The summed E-state index contributed by atoms with van der Waals surface area (Å²) in [6, 6.07) is 10.9. The monoisotopic (exact) mass is 544 g/mol. The number of phenols is 2. The summed E-state index contributed by atoms with van der Waals surface area (Å²) in [6.45, 7) is 6.22. The molecule has 0 unspecified atom stereocenters. The van der Waals surface area contributed by atoms with Gasteiger partial charge in [0.1, 0.15) is 11.5 Å². The molecule has 0 aliphatic carbocycles. The van der Waals surface area contributed by atoms with Gasteiger partial charge in [-0.1, -0.05) is 121 Å². The molecule has 5 heteroatoms. The van der Waals surface area contributed by atoms with Gasteiger partial charge in [0.05, 0.1) is 16.9 Å². The Balaban J connectivity index is 0.000000386. The van der Waals surface area contributed by atoms with Gasteiger partial charge >= 0.3 is 5.97 Å². The Bertz CT molecular complexity index is 847. The molecule has 0 aliphatic heterocycles. The third-order valence-electron chi connectivity index (χ3n) is 6.66. The third kappa shape index (κ3) is 16.7. The van der Waals surface area contributed by atoms with E-state index in [1.165, 1.54) is 109 Å². The molecule has 0 amide bonds. The summed E-state index contributed by atoms with van der Waals surface area (Å²) in [5.74, 6) is 0.410. The van der Waals surface area contributed by atoms with Gasteiger partial charge in [0.25, 0.3) is 0 Å². The van der Waals surface area contributed by atoms with Gasteiger partial charge in [0, 0.05) is 6.42 Å². The van der Waals surface area contributed by atoms with E-state index in [0.717, 1.165) is 27.3 Å². The Kier molecular flexibility index (Phi) is 19.4. The molecule has 2 aromatic rings. The Morgan fingerprint density at radius 3 is 1.39 bits per heavy atom. The van der Waals surface area contributed by atoms with Crippen LogP contribution in [0.4, 0.5) is 0 Å². The highest BCUT2D eigenvalue weighted by atomic mass is 32.2.